The summed E-state index contributed by atoms with van der Waals surface area (Å²) in [5.41, 5.74) is 0.177. The molecule has 15 heteroatoms. The Morgan fingerprint density at radius 1 is 1.00 bits per heavy atom. The van der Waals surface area contributed by atoms with E-state index in [0.29, 0.717) is 5.56 Å². The summed E-state index contributed by atoms with van der Waals surface area (Å²) in [7, 11) is 1.16. The van der Waals surface area contributed by atoms with E-state index in [-0.39, 0.29) is 22.4 Å². The Labute approximate surface area is 201 Å². The van der Waals surface area contributed by atoms with Gasteiger partial charge in [-0.05, 0) is 58.4 Å². The molecule has 0 radical (unpaired) electrons. The van der Waals surface area contributed by atoms with Crippen LogP contribution >= 0.6 is 54.4 Å². The van der Waals surface area contributed by atoms with E-state index in [0.717, 1.165) is 10.5 Å². The third-order valence-corrected chi connectivity index (χ3v) is 5.84. The molecule has 0 bridgehead atoms. The summed E-state index contributed by atoms with van der Waals surface area (Å²) < 4.78 is 44.2. The molecule has 9 nitrogen and oxygen atoms in total. The van der Waals surface area contributed by atoms with Crippen molar-refractivity contribution in [3.63, 3.8) is 0 Å². The van der Waals surface area contributed by atoms with Crippen LogP contribution in [0.1, 0.15) is 28.1 Å². The largest absolute Gasteiger partial charge is 0.749 e. The summed E-state index contributed by atoms with van der Waals surface area (Å²) in [6.45, 7) is 0. The molecule has 0 amide bonds. The quantitative estimate of drug-likeness (QED) is 0.357. The molecule has 2 rings (SSSR count). The monoisotopic (exact) mass is 629 g/mol. The highest BCUT2D eigenvalue weighted by Crippen LogP contribution is 2.26. The molecule has 0 saturated carbocycles. The molecule has 0 aliphatic carbocycles. The summed E-state index contributed by atoms with van der Waals surface area (Å²) in [5.74, 6) is -2.11. The van der Waals surface area contributed by atoms with Gasteiger partial charge in [-0.1, -0.05) is 23.4 Å². The minimum absolute atomic E-state index is 0. The van der Waals surface area contributed by atoms with Crippen LogP contribution in [0.5, 0.6) is 0 Å². The first-order chi connectivity index (χ1) is 13.3. The first kappa shape index (κ1) is 31.1. The van der Waals surface area contributed by atoms with Crippen LogP contribution in [0.4, 0.5) is 0 Å². The average Bonchev–Trinajstić information content (AvgIpc) is 2.62. The summed E-state index contributed by atoms with van der Waals surface area (Å²) >= 11 is 7.83. The van der Waals surface area contributed by atoms with Gasteiger partial charge in [-0.2, -0.15) is 3.74 Å². The zero-order valence-corrected chi connectivity index (χ0v) is 19.9. The van der Waals surface area contributed by atoms with Gasteiger partial charge in [-0.25, -0.2) is 22.2 Å². The lowest BCUT2D eigenvalue weighted by atomic mass is 10.2. The Morgan fingerprint density at radius 3 is 1.73 bits per heavy atom. The van der Waals surface area contributed by atoms with Gasteiger partial charge in [0.05, 0.1) is 27.9 Å². The van der Waals surface area contributed by atoms with Gasteiger partial charge in [0.1, 0.15) is 11.4 Å². The van der Waals surface area contributed by atoms with Gasteiger partial charge < -0.3 is 14.8 Å². The predicted molar refractivity (Wildman–Crippen MR) is 118 cm³/mol. The van der Waals surface area contributed by atoms with Crippen LogP contribution in [0.25, 0.3) is 0 Å². The lowest BCUT2D eigenvalue weighted by molar-refractivity contribution is 0.0686. The molecule has 0 fully saturated rings. The number of halogens is 4. The van der Waals surface area contributed by atoms with Crippen LogP contribution < -0.4 is 0 Å². The molecule has 0 aliphatic heterocycles. The second-order valence-corrected chi connectivity index (χ2v) is 9.68. The van der Waals surface area contributed by atoms with Gasteiger partial charge in [0.2, 0.25) is 0 Å². The third-order valence-electron chi connectivity index (χ3n) is 2.58. The van der Waals surface area contributed by atoms with Crippen LogP contribution in [0.3, 0.4) is 0 Å². The summed E-state index contributed by atoms with van der Waals surface area (Å²) in [6.07, 6.45) is 0. The molecule has 30 heavy (non-hydrogen) atoms. The minimum atomic E-state index is -3.93. The van der Waals surface area contributed by atoms with Crippen molar-refractivity contribution in [3.8, 4) is 0 Å². The van der Waals surface area contributed by atoms with Crippen molar-refractivity contribution in [3.05, 3.63) is 62.5 Å². The summed E-state index contributed by atoms with van der Waals surface area (Å²) in [5, 5.41) is 17.1. The molecule has 2 aromatic carbocycles. The van der Waals surface area contributed by atoms with Crippen LogP contribution in [0.15, 0.2) is 56.3 Å². The molecule has 0 saturated heterocycles. The zero-order chi connectivity index (χ0) is 22.8. The van der Waals surface area contributed by atoms with Crippen molar-refractivity contribution < 1.29 is 40.7 Å². The molecular formula is C15H13Br2Cl2O9S2-. The zero-order valence-electron chi connectivity index (χ0n) is 13.6. The van der Waals surface area contributed by atoms with Crippen molar-refractivity contribution in [2.75, 3.05) is 0 Å². The molecule has 1 atom stereocenters. The maximum absolute atomic E-state index is 11.0. The first-order valence-electron chi connectivity index (χ1n) is 6.64. The normalized spacial score (nSPS) is 10.8. The average molecular weight is 632 g/mol. The fourth-order valence-electron chi connectivity index (χ4n) is 1.42. The van der Waals surface area contributed by atoms with E-state index >= 15 is 0 Å². The number of aromatic carboxylic acids is 2. The van der Waals surface area contributed by atoms with E-state index in [2.05, 4.69) is 47.5 Å². The van der Waals surface area contributed by atoms with Gasteiger partial charge in [0, 0.05) is 19.6 Å². The maximum atomic E-state index is 11.0. The summed E-state index contributed by atoms with van der Waals surface area (Å²) in [6, 6.07) is 10.1. The van der Waals surface area contributed by atoms with E-state index in [1.165, 1.54) is 12.1 Å². The Morgan fingerprint density at radius 2 is 1.40 bits per heavy atom. The van der Waals surface area contributed by atoms with E-state index < -0.39 is 32.4 Å². The number of hydrogen-bond acceptors (Lipinski definition) is 7. The van der Waals surface area contributed by atoms with Gasteiger partial charge in [-0.15, -0.1) is 0 Å². The highest BCUT2D eigenvalue weighted by atomic mass is 79.9. The van der Waals surface area contributed by atoms with E-state index in [9.17, 15) is 18.0 Å². The van der Waals surface area contributed by atoms with Crippen LogP contribution in [-0.2, 0) is 24.1 Å². The van der Waals surface area contributed by atoms with Crippen molar-refractivity contribution in [1.29, 1.82) is 0 Å². The molecule has 0 heterocycles. The lowest BCUT2D eigenvalue weighted by Crippen LogP contribution is -2.00. The highest BCUT2D eigenvalue weighted by molar-refractivity contribution is 9.10. The van der Waals surface area contributed by atoms with Gasteiger partial charge in [-0.3, -0.25) is 0 Å². The van der Waals surface area contributed by atoms with Gasteiger partial charge >= 0.3 is 11.9 Å². The number of benzene rings is 2. The number of carboxylic acids is 2. The maximum Gasteiger partial charge on any atom is 0.335 e. The Bertz CT molecular complexity index is 984. The van der Waals surface area contributed by atoms with Crippen LogP contribution in [0, 0.1) is 0 Å². The SMILES string of the molecule is C.O=C(O)c1ccc(Br)c(S(=O)(=O)Cl)c1.O=C(O)c1ccc(Br)cc1.O=S([O-])OCl. The number of rotatable bonds is 4. The molecule has 2 N–H and O–H groups in total. The fraction of sp³-hybridized carbons (Fsp3) is 0.0667. The molecule has 0 spiro atoms. The molecule has 168 valence electrons. The number of hydrogen-bond donors (Lipinski definition) is 2. The van der Waals surface area contributed by atoms with Crippen molar-refractivity contribution in [2.24, 2.45) is 0 Å². The van der Waals surface area contributed by atoms with Crippen LogP contribution in [0.2, 0.25) is 0 Å². The Hall–Kier alpha value is -1.06. The van der Waals surface area contributed by atoms with E-state index in [1.807, 2.05) is 0 Å². The predicted octanol–water partition coefficient (Wildman–Crippen LogP) is 4.81. The molecule has 0 aromatic heterocycles. The van der Waals surface area contributed by atoms with Gasteiger partial charge in [0.15, 0.2) is 0 Å². The van der Waals surface area contributed by atoms with Crippen LogP contribution in [-0.4, -0.2) is 39.3 Å². The molecular weight excluding hydrogens is 619 g/mol. The lowest BCUT2D eigenvalue weighted by Gasteiger charge is -2.01. The molecule has 2 aromatic rings. The highest BCUT2D eigenvalue weighted by Gasteiger charge is 2.16. The minimum Gasteiger partial charge on any atom is -0.749 e. The van der Waals surface area contributed by atoms with Crippen molar-refractivity contribution >= 4 is 86.8 Å². The smallest absolute Gasteiger partial charge is 0.335 e. The second kappa shape index (κ2) is 14.9. The van der Waals surface area contributed by atoms with Gasteiger partial charge in [0.25, 0.3) is 9.05 Å². The van der Waals surface area contributed by atoms with E-state index in [1.54, 1.807) is 24.3 Å². The summed E-state index contributed by atoms with van der Waals surface area (Å²) in [4.78, 5) is 20.6. The molecule has 1 unspecified atom stereocenters. The third kappa shape index (κ3) is 12.6. The Kier molecular flexibility index (Phi) is 15.4. The van der Waals surface area contributed by atoms with E-state index in [4.69, 9.17) is 29.7 Å². The number of carbonyl (C=O) groups is 2. The molecule has 0 aliphatic rings. The van der Waals surface area contributed by atoms with Crippen molar-refractivity contribution in [1.82, 2.24) is 0 Å². The topological polar surface area (TPSA) is 158 Å². The fourth-order valence-corrected chi connectivity index (χ4v) is 3.80. The first-order valence-corrected chi connectivity index (χ1v) is 11.8. The standard InChI is InChI=1S/C7H4BrClO4S.C7H5BrO2.CH4.ClHO3S/c8-5-2-1-4(7(10)11)3-6(5)14(9,12)13;8-6-3-1-5(2-4-6)7(9)10;;1-4-5(2)3/h1-3H,(H,10,11);1-4H,(H,9,10);1H4;(H,2,3)/p-1. The Balaban J connectivity index is 0. The number of carboxylic acid groups (broad SMARTS) is 2. The second-order valence-electron chi connectivity index (χ2n) is 4.47. The van der Waals surface area contributed by atoms with Crippen molar-refractivity contribution in [2.45, 2.75) is 12.3 Å².